The molecule has 0 bridgehead atoms. The highest BCUT2D eigenvalue weighted by atomic mass is 35.5. The second kappa shape index (κ2) is 4.68. The number of aryl methyl sites for hydroxylation is 1. The summed E-state index contributed by atoms with van der Waals surface area (Å²) in [7, 11) is 3.88. The standard InChI is InChI=1S/C12H14ClN3/c1-14-11(12-15-7-8-16(12)2)9-5-3-4-6-10(9)13/h3-8,11,14H,1-2H3. The monoisotopic (exact) mass is 235 g/mol. The zero-order valence-electron chi connectivity index (χ0n) is 9.31. The summed E-state index contributed by atoms with van der Waals surface area (Å²) in [5, 5.41) is 3.99. The van der Waals surface area contributed by atoms with Crippen LogP contribution in [0.4, 0.5) is 0 Å². The maximum atomic E-state index is 6.19. The van der Waals surface area contributed by atoms with E-state index in [0.717, 1.165) is 16.4 Å². The van der Waals surface area contributed by atoms with Crippen LogP contribution < -0.4 is 5.32 Å². The van der Waals surface area contributed by atoms with Crippen LogP contribution in [0.1, 0.15) is 17.4 Å². The number of halogens is 1. The van der Waals surface area contributed by atoms with Gasteiger partial charge < -0.3 is 9.88 Å². The minimum absolute atomic E-state index is 0.0219. The molecule has 1 aromatic carbocycles. The smallest absolute Gasteiger partial charge is 0.130 e. The Morgan fingerprint density at radius 1 is 1.38 bits per heavy atom. The van der Waals surface area contributed by atoms with Crippen molar-refractivity contribution in [1.82, 2.24) is 14.9 Å². The lowest BCUT2D eigenvalue weighted by molar-refractivity contribution is 0.617. The van der Waals surface area contributed by atoms with E-state index in [1.807, 2.05) is 49.1 Å². The molecule has 0 saturated heterocycles. The summed E-state index contributed by atoms with van der Waals surface area (Å²) >= 11 is 6.19. The van der Waals surface area contributed by atoms with Crippen molar-refractivity contribution in [1.29, 1.82) is 0 Å². The van der Waals surface area contributed by atoms with Crippen molar-refractivity contribution < 1.29 is 0 Å². The molecule has 0 aliphatic carbocycles. The minimum Gasteiger partial charge on any atom is -0.336 e. The molecule has 0 amide bonds. The van der Waals surface area contributed by atoms with Crippen molar-refractivity contribution in [3.63, 3.8) is 0 Å². The van der Waals surface area contributed by atoms with E-state index in [2.05, 4.69) is 10.3 Å². The average molecular weight is 236 g/mol. The highest BCUT2D eigenvalue weighted by molar-refractivity contribution is 6.31. The Balaban J connectivity index is 2.45. The molecule has 1 atom stereocenters. The molecule has 2 aromatic rings. The lowest BCUT2D eigenvalue weighted by Crippen LogP contribution is -2.21. The van der Waals surface area contributed by atoms with E-state index in [1.165, 1.54) is 0 Å². The predicted octanol–water partition coefficient (Wildman–Crippen LogP) is 2.38. The normalized spacial score (nSPS) is 12.7. The first-order valence-electron chi connectivity index (χ1n) is 5.13. The van der Waals surface area contributed by atoms with Crippen molar-refractivity contribution in [2.75, 3.05) is 7.05 Å². The molecule has 0 fully saturated rings. The molecule has 0 spiro atoms. The number of rotatable bonds is 3. The van der Waals surface area contributed by atoms with Gasteiger partial charge in [-0.15, -0.1) is 0 Å². The van der Waals surface area contributed by atoms with Crippen molar-refractivity contribution in [2.45, 2.75) is 6.04 Å². The van der Waals surface area contributed by atoms with Crippen LogP contribution in [0.2, 0.25) is 5.02 Å². The van der Waals surface area contributed by atoms with E-state index < -0.39 is 0 Å². The van der Waals surface area contributed by atoms with Gasteiger partial charge in [0.15, 0.2) is 0 Å². The largest absolute Gasteiger partial charge is 0.336 e. The van der Waals surface area contributed by atoms with Crippen molar-refractivity contribution in [3.05, 3.63) is 53.1 Å². The molecule has 0 radical (unpaired) electrons. The Morgan fingerprint density at radius 3 is 2.69 bits per heavy atom. The van der Waals surface area contributed by atoms with E-state index in [0.29, 0.717) is 0 Å². The topological polar surface area (TPSA) is 29.9 Å². The van der Waals surface area contributed by atoms with E-state index in [1.54, 1.807) is 6.20 Å². The summed E-state index contributed by atoms with van der Waals surface area (Å²) in [5.74, 6) is 0.954. The van der Waals surface area contributed by atoms with Gasteiger partial charge in [-0.25, -0.2) is 4.98 Å². The summed E-state index contributed by atoms with van der Waals surface area (Å²) in [6.07, 6.45) is 3.72. The maximum Gasteiger partial charge on any atom is 0.130 e. The second-order valence-electron chi connectivity index (χ2n) is 3.64. The fraction of sp³-hybridized carbons (Fsp3) is 0.250. The van der Waals surface area contributed by atoms with Crippen LogP contribution in [-0.4, -0.2) is 16.6 Å². The summed E-state index contributed by atoms with van der Waals surface area (Å²) in [6, 6.07) is 7.84. The van der Waals surface area contributed by atoms with Crippen LogP contribution in [0.15, 0.2) is 36.7 Å². The molecule has 4 heteroatoms. The van der Waals surface area contributed by atoms with E-state index in [9.17, 15) is 0 Å². The number of hydrogen-bond donors (Lipinski definition) is 1. The predicted molar refractivity (Wildman–Crippen MR) is 65.6 cm³/mol. The first-order valence-corrected chi connectivity index (χ1v) is 5.50. The molecule has 0 aliphatic heterocycles. The van der Waals surface area contributed by atoms with Crippen molar-refractivity contribution >= 4 is 11.6 Å². The average Bonchev–Trinajstić information content (AvgIpc) is 2.69. The lowest BCUT2D eigenvalue weighted by Gasteiger charge is -2.17. The van der Waals surface area contributed by atoms with Gasteiger partial charge >= 0.3 is 0 Å². The Kier molecular flexibility index (Phi) is 3.27. The molecular weight excluding hydrogens is 222 g/mol. The molecule has 1 N–H and O–H groups in total. The minimum atomic E-state index is 0.0219. The van der Waals surface area contributed by atoms with Crippen LogP contribution in [0.5, 0.6) is 0 Å². The van der Waals surface area contributed by atoms with Gasteiger partial charge in [0.1, 0.15) is 5.82 Å². The first kappa shape index (κ1) is 11.2. The summed E-state index contributed by atoms with van der Waals surface area (Å²) in [6.45, 7) is 0. The lowest BCUT2D eigenvalue weighted by atomic mass is 10.1. The Hall–Kier alpha value is -1.32. The zero-order chi connectivity index (χ0) is 11.5. The summed E-state index contributed by atoms with van der Waals surface area (Å²) in [4.78, 5) is 4.35. The van der Waals surface area contributed by atoms with Crippen LogP contribution >= 0.6 is 11.6 Å². The van der Waals surface area contributed by atoms with Gasteiger partial charge in [-0.1, -0.05) is 29.8 Å². The van der Waals surface area contributed by atoms with E-state index in [4.69, 9.17) is 11.6 Å². The molecule has 3 nitrogen and oxygen atoms in total. The van der Waals surface area contributed by atoms with Crippen LogP contribution in [-0.2, 0) is 7.05 Å². The van der Waals surface area contributed by atoms with Gasteiger partial charge in [-0.05, 0) is 18.7 Å². The van der Waals surface area contributed by atoms with Gasteiger partial charge in [0.05, 0.1) is 6.04 Å². The van der Waals surface area contributed by atoms with Gasteiger partial charge in [0.25, 0.3) is 0 Å². The number of benzene rings is 1. The molecule has 1 unspecified atom stereocenters. The Bertz CT molecular complexity index is 479. The maximum absolute atomic E-state index is 6.19. The quantitative estimate of drug-likeness (QED) is 0.886. The van der Waals surface area contributed by atoms with Gasteiger partial charge in [-0.2, -0.15) is 0 Å². The third-order valence-corrected chi connectivity index (χ3v) is 2.97. The second-order valence-corrected chi connectivity index (χ2v) is 4.05. The van der Waals surface area contributed by atoms with E-state index >= 15 is 0 Å². The number of hydrogen-bond acceptors (Lipinski definition) is 2. The van der Waals surface area contributed by atoms with Crippen LogP contribution in [0.25, 0.3) is 0 Å². The SMILES string of the molecule is CNC(c1ccccc1Cl)c1nccn1C. The number of nitrogens with zero attached hydrogens (tertiary/aromatic N) is 2. The van der Waals surface area contributed by atoms with Gasteiger partial charge in [-0.3, -0.25) is 0 Å². The number of nitrogens with one attached hydrogen (secondary N) is 1. The molecule has 0 saturated carbocycles. The highest BCUT2D eigenvalue weighted by Crippen LogP contribution is 2.26. The molecule has 1 heterocycles. The molecule has 16 heavy (non-hydrogen) atoms. The Labute approximate surface area is 100 Å². The summed E-state index contributed by atoms with van der Waals surface area (Å²) in [5.41, 5.74) is 1.04. The van der Waals surface area contributed by atoms with Gasteiger partial charge in [0, 0.05) is 24.5 Å². The van der Waals surface area contributed by atoms with Gasteiger partial charge in [0.2, 0.25) is 0 Å². The fourth-order valence-electron chi connectivity index (χ4n) is 1.79. The molecule has 0 aliphatic rings. The highest BCUT2D eigenvalue weighted by Gasteiger charge is 2.18. The third kappa shape index (κ3) is 1.96. The third-order valence-electron chi connectivity index (χ3n) is 2.62. The van der Waals surface area contributed by atoms with Crippen LogP contribution in [0.3, 0.4) is 0 Å². The first-order chi connectivity index (χ1) is 7.74. The summed E-state index contributed by atoms with van der Waals surface area (Å²) < 4.78 is 1.99. The van der Waals surface area contributed by atoms with Crippen molar-refractivity contribution in [2.24, 2.45) is 7.05 Å². The van der Waals surface area contributed by atoms with E-state index in [-0.39, 0.29) is 6.04 Å². The molecule has 2 rings (SSSR count). The molecule has 84 valence electrons. The number of aromatic nitrogens is 2. The van der Waals surface area contributed by atoms with Crippen molar-refractivity contribution in [3.8, 4) is 0 Å². The molecule has 1 aromatic heterocycles. The number of imidazole rings is 1. The molecular formula is C12H14ClN3. The Morgan fingerprint density at radius 2 is 2.12 bits per heavy atom. The van der Waals surface area contributed by atoms with Crippen LogP contribution in [0, 0.1) is 0 Å². The fourth-order valence-corrected chi connectivity index (χ4v) is 2.03. The zero-order valence-corrected chi connectivity index (χ0v) is 10.1.